The zero-order valence-corrected chi connectivity index (χ0v) is 14.4. The third-order valence-electron chi connectivity index (χ3n) is 4.00. The van der Waals surface area contributed by atoms with Gasteiger partial charge in [0.15, 0.2) is 0 Å². The molecule has 1 aromatic heterocycles. The molecule has 27 heavy (non-hydrogen) atoms. The van der Waals surface area contributed by atoms with Crippen LogP contribution in [0.15, 0.2) is 78.1 Å². The Morgan fingerprint density at radius 3 is 2.89 bits per heavy atom. The Labute approximate surface area is 155 Å². The predicted octanol–water partition coefficient (Wildman–Crippen LogP) is 4.09. The van der Waals surface area contributed by atoms with Crippen LogP contribution in [0.25, 0.3) is 10.9 Å². The van der Waals surface area contributed by atoms with Crippen molar-refractivity contribution >= 4 is 34.5 Å². The molecule has 0 atom stereocenters. The lowest BCUT2D eigenvalue weighted by molar-refractivity contribution is 0.100. The average molecular weight is 356 g/mol. The third-order valence-corrected chi connectivity index (χ3v) is 4.00. The molecule has 0 saturated carbocycles. The summed E-state index contributed by atoms with van der Waals surface area (Å²) >= 11 is 0. The van der Waals surface area contributed by atoms with Crippen LogP contribution in [0.1, 0.15) is 10.4 Å². The molecule has 0 saturated heterocycles. The van der Waals surface area contributed by atoms with Gasteiger partial charge in [-0.25, -0.2) is 15.0 Å². The van der Waals surface area contributed by atoms with E-state index in [-0.39, 0.29) is 5.91 Å². The van der Waals surface area contributed by atoms with Gasteiger partial charge in [0.05, 0.1) is 16.8 Å². The number of carbonyl (C=O) groups excluding carboxylic acids is 1. The fourth-order valence-electron chi connectivity index (χ4n) is 2.70. The van der Waals surface area contributed by atoms with Crippen LogP contribution in [0, 0.1) is 0 Å². The van der Waals surface area contributed by atoms with E-state index in [2.05, 4.69) is 20.3 Å². The van der Waals surface area contributed by atoms with Crippen molar-refractivity contribution in [2.75, 3.05) is 11.9 Å². The number of nitrogens with zero attached hydrogens (tertiary/aromatic N) is 3. The molecule has 6 heteroatoms. The minimum atomic E-state index is -0.332. The van der Waals surface area contributed by atoms with Crippen molar-refractivity contribution in [3.8, 4) is 5.75 Å². The first-order chi connectivity index (χ1) is 13.3. The number of ether oxygens (including phenoxy) is 1. The molecule has 0 fully saturated rings. The molecule has 0 unspecified atom stereocenters. The number of carbonyl (C=O) groups is 1. The van der Waals surface area contributed by atoms with E-state index >= 15 is 0 Å². The normalized spacial score (nSPS) is 17.6. The van der Waals surface area contributed by atoms with Gasteiger partial charge in [-0.05, 0) is 42.5 Å². The van der Waals surface area contributed by atoms with Gasteiger partial charge in [-0.15, -0.1) is 0 Å². The zero-order valence-electron chi connectivity index (χ0n) is 14.4. The van der Waals surface area contributed by atoms with E-state index in [0.717, 1.165) is 10.9 Å². The van der Waals surface area contributed by atoms with Gasteiger partial charge in [0.1, 0.15) is 24.5 Å². The lowest BCUT2D eigenvalue weighted by Crippen LogP contribution is -2.03. The molecule has 1 N–H and O–H groups in total. The van der Waals surface area contributed by atoms with Gasteiger partial charge >= 0.3 is 0 Å². The molecule has 2 bridgehead atoms. The first kappa shape index (κ1) is 16.7. The van der Waals surface area contributed by atoms with E-state index in [1.807, 2.05) is 42.5 Å². The first-order valence-corrected chi connectivity index (χ1v) is 8.45. The minimum Gasteiger partial charge on any atom is -0.490 e. The molecule has 6 nitrogen and oxygen atoms in total. The number of nitrogens with one attached hydrogen (secondary N) is 1. The smallest absolute Gasteiger partial charge is 0.279 e. The van der Waals surface area contributed by atoms with E-state index < -0.39 is 0 Å². The number of fused-ring (bicyclic) bond motifs is 2. The monoisotopic (exact) mass is 356 g/mol. The number of hydrogen-bond acceptors (Lipinski definition) is 5. The molecule has 1 amide bonds. The van der Waals surface area contributed by atoms with Gasteiger partial charge in [-0.3, -0.25) is 4.79 Å². The molecule has 3 aromatic rings. The van der Waals surface area contributed by atoms with Crippen molar-refractivity contribution in [1.82, 2.24) is 9.97 Å². The molecular formula is C21H16N4O2. The van der Waals surface area contributed by atoms with Crippen LogP contribution in [0.2, 0.25) is 0 Å². The van der Waals surface area contributed by atoms with Crippen LogP contribution in [-0.4, -0.2) is 28.7 Å². The number of amides is 1. The van der Waals surface area contributed by atoms with Crippen molar-refractivity contribution < 1.29 is 9.53 Å². The number of rotatable bonds is 0. The van der Waals surface area contributed by atoms with Gasteiger partial charge in [0.25, 0.3) is 5.91 Å². The highest BCUT2D eigenvalue weighted by molar-refractivity contribution is 6.05. The van der Waals surface area contributed by atoms with Gasteiger partial charge in [0.2, 0.25) is 0 Å². The first-order valence-electron chi connectivity index (χ1n) is 8.45. The van der Waals surface area contributed by atoms with E-state index in [4.69, 9.17) is 4.74 Å². The Morgan fingerprint density at radius 2 is 1.93 bits per heavy atom. The highest BCUT2D eigenvalue weighted by Crippen LogP contribution is 2.28. The Morgan fingerprint density at radius 1 is 1.00 bits per heavy atom. The minimum absolute atomic E-state index is 0.332. The number of para-hydroxylation sites is 1. The number of aromatic nitrogens is 2. The van der Waals surface area contributed by atoms with E-state index in [0.29, 0.717) is 29.4 Å². The summed E-state index contributed by atoms with van der Waals surface area (Å²) < 4.78 is 5.76. The molecule has 2 heterocycles. The van der Waals surface area contributed by atoms with Crippen molar-refractivity contribution in [3.05, 3.63) is 78.7 Å². The summed E-state index contributed by atoms with van der Waals surface area (Å²) in [5, 5.41) is 4.04. The SMILES string of the molecule is O=C1\N=C/C=C\C=C/COc2ccc3ncnc(c3c2)Nc2ccccc21. The molecule has 2 aromatic carbocycles. The zero-order chi connectivity index (χ0) is 18.5. The molecule has 0 aliphatic carbocycles. The molecule has 4 rings (SSSR count). The lowest BCUT2D eigenvalue weighted by atomic mass is 10.1. The Hall–Kier alpha value is -3.80. The quantitative estimate of drug-likeness (QED) is 0.656. The molecule has 0 radical (unpaired) electrons. The summed E-state index contributed by atoms with van der Waals surface area (Å²) in [5.41, 5.74) is 1.87. The van der Waals surface area contributed by atoms with Gasteiger partial charge in [0, 0.05) is 11.6 Å². The van der Waals surface area contributed by atoms with Crippen LogP contribution in [-0.2, 0) is 0 Å². The average Bonchev–Trinajstić information content (AvgIpc) is 2.70. The van der Waals surface area contributed by atoms with Crippen LogP contribution < -0.4 is 10.1 Å². The van der Waals surface area contributed by atoms with Gasteiger partial charge < -0.3 is 10.1 Å². The number of benzene rings is 2. The predicted molar refractivity (Wildman–Crippen MR) is 106 cm³/mol. The highest BCUT2D eigenvalue weighted by Gasteiger charge is 2.12. The summed E-state index contributed by atoms with van der Waals surface area (Å²) in [6.45, 7) is 0.422. The molecule has 0 spiro atoms. The van der Waals surface area contributed by atoms with Crippen molar-refractivity contribution in [1.29, 1.82) is 0 Å². The fourth-order valence-corrected chi connectivity index (χ4v) is 2.70. The Bertz CT molecular complexity index is 1090. The molecular weight excluding hydrogens is 340 g/mol. The van der Waals surface area contributed by atoms with E-state index in [1.165, 1.54) is 12.5 Å². The highest BCUT2D eigenvalue weighted by atomic mass is 16.5. The van der Waals surface area contributed by atoms with Crippen LogP contribution in [0.4, 0.5) is 11.5 Å². The standard InChI is InChI=1S/C21H16N4O2/c26-21-16-7-3-4-8-19(16)25-20-17-13-15(9-10-18(17)23-14-24-20)27-12-6-2-1-5-11-22-21/h1-11,13-14H,12H2,(H,23,24,25)/b5-1-,6-2-,22-11-. The van der Waals surface area contributed by atoms with Crippen LogP contribution >= 0.6 is 0 Å². The largest absolute Gasteiger partial charge is 0.490 e. The maximum Gasteiger partial charge on any atom is 0.279 e. The molecule has 132 valence electrons. The van der Waals surface area contributed by atoms with Crippen molar-refractivity contribution in [3.63, 3.8) is 0 Å². The summed E-state index contributed by atoms with van der Waals surface area (Å²) in [7, 11) is 0. The van der Waals surface area contributed by atoms with E-state index in [9.17, 15) is 4.79 Å². The third kappa shape index (κ3) is 3.74. The Kier molecular flexibility index (Phi) is 4.70. The number of aliphatic imine (C=N–C) groups is 1. The topological polar surface area (TPSA) is 76.5 Å². The molecule has 1 aliphatic rings. The van der Waals surface area contributed by atoms with Crippen molar-refractivity contribution in [2.24, 2.45) is 4.99 Å². The van der Waals surface area contributed by atoms with E-state index in [1.54, 1.807) is 24.3 Å². The second kappa shape index (κ2) is 7.61. The second-order valence-electron chi connectivity index (χ2n) is 5.78. The summed E-state index contributed by atoms with van der Waals surface area (Å²) in [6.07, 6.45) is 10.2. The molecule has 1 aliphatic heterocycles. The lowest BCUT2D eigenvalue weighted by Gasteiger charge is -2.12. The summed E-state index contributed by atoms with van der Waals surface area (Å²) in [4.78, 5) is 25.1. The van der Waals surface area contributed by atoms with Gasteiger partial charge in [-0.2, -0.15) is 0 Å². The maximum atomic E-state index is 12.5. The maximum absolute atomic E-state index is 12.5. The second-order valence-corrected chi connectivity index (χ2v) is 5.78. The van der Waals surface area contributed by atoms with Gasteiger partial charge in [-0.1, -0.05) is 24.3 Å². The summed E-state index contributed by atoms with van der Waals surface area (Å²) in [5.74, 6) is 0.977. The fraction of sp³-hybridized carbons (Fsp3) is 0.0476. The summed E-state index contributed by atoms with van der Waals surface area (Å²) in [6, 6.07) is 12.8. The number of allylic oxidation sites excluding steroid dienone is 3. The van der Waals surface area contributed by atoms with Crippen LogP contribution in [0.5, 0.6) is 5.75 Å². The Balaban J connectivity index is 1.85. The number of hydrogen-bond donors (Lipinski definition) is 1. The van der Waals surface area contributed by atoms with Crippen molar-refractivity contribution in [2.45, 2.75) is 0 Å². The number of anilines is 2. The van der Waals surface area contributed by atoms with Crippen LogP contribution in [0.3, 0.4) is 0 Å².